The lowest BCUT2D eigenvalue weighted by atomic mass is 9.76. The van der Waals surface area contributed by atoms with Gasteiger partial charge in [-0.15, -0.1) is 0 Å². The lowest BCUT2D eigenvalue weighted by molar-refractivity contribution is 0.402. The van der Waals surface area contributed by atoms with Crippen LogP contribution in [0.4, 0.5) is 4.39 Å². The summed E-state index contributed by atoms with van der Waals surface area (Å²) >= 11 is 0. The molecule has 1 saturated heterocycles. The Hall–Kier alpha value is -1.67. The molecule has 1 aliphatic rings. The third-order valence-electron chi connectivity index (χ3n) is 4.58. The average Bonchev–Trinajstić information content (AvgIpc) is 2.47. The van der Waals surface area contributed by atoms with E-state index in [9.17, 15) is 4.39 Å². The molecule has 1 N–H and O–H groups in total. The molecule has 3 rings (SSSR count). The van der Waals surface area contributed by atoms with E-state index in [0.29, 0.717) is 11.8 Å². The van der Waals surface area contributed by atoms with Crippen LogP contribution < -0.4 is 5.32 Å². The van der Waals surface area contributed by atoms with Gasteiger partial charge in [-0.1, -0.05) is 35.9 Å². The monoisotopic (exact) mass is 283 g/mol. The van der Waals surface area contributed by atoms with Crippen LogP contribution in [-0.2, 0) is 0 Å². The molecule has 1 fully saturated rings. The molecule has 0 bridgehead atoms. The van der Waals surface area contributed by atoms with Gasteiger partial charge in [0.15, 0.2) is 0 Å². The average molecular weight is 283 g/mol. The summed E-state index contributed by atoms with van der Waals surface area (Å²) in [5.74, 6) is 0.668. The van der Waals surface area contributed by atoms with Crippen LogP contribution in [0.15, 0.2) is 42.5 Å². The molecule has 0 amide bonds. The van der Waals surface area contributed by atoms with Gasteiger partial charge in [-0.05, 0) is 61.6 Å². The Labute approximate surface area is 126 Å². The number of benzene rings is 2. The van der Waals surface area contributed by atoms with E-state index in [0.717, 1.165) is 25.1 Å². The van der Waals surface area contributed by atoms with E-state index in [1.54, 1.807) is 6.07 Å². The molecule has 0 aliphatic carbocycles. The molecule has 2 unspecified atom stereocenters. The first-order valence-electron chi connectivity index (χ1n) is 7.68. The van der Waals surface area contributed by atoms with Gasteiger partial charge in [0.25, 0.3) is 0 Å². The summed E-state index contributed by atoms with van der Waals surface area (Å²) in [4.78, 5) is 0. The number of halogens is 1. The highest BCUT2D eigenvalue weighted by molar-refractivity contribution is 5.37. The highest BCUT2D eigenvalue weighted by Crippen LogP contribution is 2.38. The van der Waals surface area contributed by atoms with Crippen molar-refractivity contribution in [2.24, 2.45) is 0 Å². The van der Waals surface area contributed by atoms with E-state index in [4.69, 9.17) is 0 Å². The summed E-state index contributed by atoms with van der Waals surface area (Å²) in [6.45, 7) is 6.27. The highest BCUT2D eigenvalue weighted by atomic mass is 19.1. The van der Waals surface area contributed by atoms with Crippen LogP contribution in [0.3, 0.4) is 0 Å². The molecule has 0 radical (unpaired) electrons. The van der Waals surface area contributed by atoms with Gasteiger partial charge in [0.2, 0.25) is 0 Å². The van der Waals surface area contributed by atoms with Crippen molar-refractivity contribution in [2.45, 2.75) is 32.1 Å². The minimum Gasteiger partial charge on any atom is -0.316 e. The van der Waals surface area contributed by atoms with E-state index >= 15 is 0 Å². The van der Waals surface area contributed by atoms with Crippen molar-refractivity contribution in [1.29, 1.82) is 0 Å². The van der Waals surface area contributed by atoms with Crippen LogP contribution in [0, 0.1) is 19.7 Å². The molecule has 21 heavy (non-hydrogen) atoms. The van der Waals surface area contributed by atoms with Crippen molar-refractivity contribution in [3.63, 3.8) is 0 Å². The predicted molar refractivity (Wildman–Crippen MR) is 85.3 cm³/mol. The fourth-order valence-corrected chi connectivity index (χ4v) is 3.56. The quantitative estimate of drug-likeness (QED) is 0.866. The molecule has 0 aromatic heterocycles. The van der Waals surface area contributed by atoms with Gasteiger partial charge >= 0.3 is 0 Å². The second kappa shape index (κ2) is 5.98. The van der Waals surface area contributed by atoms with Gasteiger partial charge in [-0.2, -0.15) is 0 Å². The summed E-state index contributed by atoms with van der Waals surface area (Å²) in [5.41, 5.74) is 5.17. The van der Waals surface area contributed by atoms with Gasteiger partial charge in [0.05, 0.1) is 0 Å². The van der Waals surface area contributed by atoms with Crippen LogP contribution in [-0.4, -0.2) is 13.1 Å². The van der Waals surface area contributed by atoms with E-state index in [-0.39, 0.29) is 5.82 Å². The Kier molecular flexibility index (Phi) is 4.07. The van der Waals surface area contributed by atoms with Crippen molar-refractivity contribution < 1.29 is 4.39 Å². The third kappa shape index (κ3) is 3.01. The van der Waals surface area contributed by atoms with Gasteiger partial charge < -0.3 is 5.32 Å². The number of hydrogen-bond acceptors (Lipinski definition) is 1. The molecule has 0 saturated carbocycles. The number of piperidine rings is 1. The van der Waals surface area contributed by atoms with Crippen molar-refractivity contribution in [3.8, 4) is 0 Å². The van der Waals surface area contributed by atoms with Gasteiger partial charge in [0.1, 0.15) is 5.82 Å². The van der Waals surface area contributed by atoms with Crippen LogP contribution in [0.2, 0.25) is 0 Å². The molecule has 2 heteroatoms. The Morgan fingerprint density at radius 3 is 2.67 bits per heavy atom. The summed E-state index contributed by atoms with van der Waals surface area (Å²) < 4.78 is 13.6. The Bertz CT molecular complexity index is 635. The zero-order valence-corrected chi connectivity index (χ0v) is 12.7. The third-order valence-corrected chi connectivity index (χ3v) is 4.58. The fraction of sp³-hybridized carbons (Fsp3) is 0.368. The van der Waals surface area contributed by atoms with Crippen molar-refractivity contribution >= 4 is 0 Å². The summed E-state index contributed by atoms with van der Waals surface area (Å²) in [6, 6.07) is 13.8. The van der Waals surface area contributed by atoms with Crippen molar-refractivity contribution in [2.75, 3.05) is 13.1 Å². The topological polar surface area (TPSA) is 12.0 Å². The Morgan fingerprint density at radius 1 is 1.05 bits per heavy atom. The van der Waals surface area contributed by atoms with Crippen LogP contribution in [0.5, 0.6) is 0 Å². The van der Waals surface area contributed by atoms with E-state index < -0.39 is 0 Å². The Balaban J connectivity index is 1.98. The van der Waals surface area contributed by atoms with Crippen LogP contribution >= 0.6 is 0 Å². The Morgan fingerprint density at radius 2 is 1.90 bits per heavy atom. The lowest BCUT2D eigenvalue weighted by Crippen LogP contribution is -2.34. The maximum absolute atomic E-state index is 13.6. The second-order valence-corrected chi connectivity index (χ2v) is 6.12. The molecule has 1 nitrogen and oxygen atoms in total. The molecule has 0 spiro atoms. The zero-order valence-electron chi connectivity index (χ0n) is 12.7. The summed E-state index contributed by atoms with van der Waals surface area (Å²) in [5, 5.41) is 3.46. The molecule has 2 aromatic rings. The van der Waals surface area contributed by atoms with Crippen LogP contribution in [0.1, 0.15) is 40.5 Å². The normalized spacial score (nSPS) is 22.2. The second-order valence-electron chi connectivity index (χ2n) is 6.12. The first-order chi connectivity index (χ1) is 10.1. The zero-order chi connectivity index (χ0) is 14.8. The highest BCUT2D eigenvalue weighted by Gasteiger charge is 2.28. The van der Waals surface area contributed by atoms with E-state index in [1.165, 1.54) is 22.8 Å². The minimum absolute atomic E-state index is 0.141. The standard InChI is InChI=1S/C19H22FN/c1-13-6-7-17(14(2)10-13)18-8-9-21-12-19(18)15-4-3-5-16(20)11-15/h3-7,10-11,18-19,21H,8-9,12H2,1-2H3. The molecule has 2 aromatic carbocycles. The number of aryl methyl sites for hydroxylation is 2. The maximum Gasteiger partial charge on any atom is 0.123 e. The molecule has 2 atom stereocenters. The number of rotatable bonds is 2. The molecule has 1 aliphatic heterocycles. The molecule has 110 valence electrons. The van der Waals surface area contributed by atoms with Gasteiger partial charge in [-0.3, -0.25) is 0 Å². The number of nitrogens with one attached hydrogen (secondary N) is 1. The van der Waals surface area contributed by atoms with E-state index in [2.05, 4.69) is 43.4 Å². The van der Waals surface area contributed by atoms with Gasteiger partial charge in [-0.25, -0.2) is 4.39 Å². The lowest BCUT2D eigenvalue weighted by Gasteiger charge is -2.34. The molecule has 1 heterocycles. The van der Waals surface area contributed by atoms with Crippen LogP contribution in [0.25, 0.3) is 0 Å². The smallest absolute Gasteiger partial charge is 0.123 e. The minimum atomic E-state index is -0.141. The predicted octanol–water partition coefficient (Wildman–Crippen LogP) is 4.30. The van der Waals surface area contributed by atoms with E-state index in [1.807, 2.05) is 6.07 Å². The maximum atomic E-state index is 13.6. The first kappa shape index (κ1) is 14.3. The molecular formula is C19H22FN. The number of hydrogen-bond donors (Lipinski definition) is 1. The molecular weight excluding hydrogens is 261 g/mol. The first-order valence-corrected chi connectivity index (χ1v) is 7.68. The SMILES string of the molecule is Cc1ccc(C2CCNCC2c2cccc(F)c2)c(C)c1. The summed E-state index contributed by atoms with van der Waals surface area (Å²) in [7, 11) is 0. The van der Waals surface area contributed by atoms with Crippen molar-refractivity contribution in [3.05, 3.63) is 70.5 Å². The fourth-order valence-electron chi connectivity index (χ4n) is 3.56. The largest absolute Gasteiger partial charge is 0.316 e. The van der Waals surface area contributed by atoms with Crippen molar-refractivity contribution in [1.82, 2.24) is 5.32 Å². The summed E-state index contributed by atoms with van der Waals surface area (Å²) in [6.07, 6.45) is 1.10. The van der Waals surface area contributed by atoms with Gasteiger partial charge in [0, 0.05) is 12.5 Å².